The van der Waals surface area contributed by atoms with Gasteiger partial charge in [-0.1, -0.05) is 11.2 Å². The number of fused-ring (bicyclic) bond motifs is 1. The molecule has 0 amide bonds. The molecule has 0 aliphatic heterocycles. The van der Waals surface area contributed by atoms with Crippen molar-refractivity contribution in [1.29, 1.82) is 0 Å². The molecule has 0 radical (unpaired) electrons. The van der Waals surface area contributed by atoms with E-state index in [2.05, 4.69) is 11.2 Å². The van der Waals surface area contributed by atoms with E-state index in [1.165, 1.54) is 12.8 Å². The molecule has 0 unspecified atom stereocenters. The van der Waals surface area contributed by atoms with Crippen molar-refractivity contribution in [3.05, 3.63) is 29.5 Å². The van der Waals surface area contributed by atoms with Crippen molar-refractivity contribution in [3.63, 3.8) is 0 Å². The fourth-order valence-electron chi connectivity index (χ4n) is 1.78. The standard InChI is InChI=1S/C11H12N2O/c12-6-7-1-4-9-10(5-7)14-13-11(9)8-2-3-8/h1,4-5,8H,2-3,6,12H2. The first kappa shape index (κ1) is 8.00. The molecule has 1 saturated carbocycles. The zero-order valence-corrected chi connectivity index (χ0v) is 7.86. The fourth-order valence-corrected chi connectivity index (χ4v) is 1.78. The van der Waals surface area contributed by atoms with E-state index in [-0.39, 0.29) is 0 Å². The number of aromatic nitrogens is 1. The van der Waals surface area contributed by atoms with Crippen molar-refractivity contribution in [2.45, 2.75) is 25.3 Å². The van der Waals surface area contributed by atoms with Crippen LogP contribution in [0, 0.1) is 0 Å². The lowest BCUT2D eigenvalue weighted by Gasteiger charge is -1.95. The van der Waals surface area contributed by atoms with Gasteiger partial charge in [-0.05, 0) is 30.5 Å². The van der Waals surface area contributed by atoms with Crippen LogP contribution in [0.15, 0.2) is 22.7 Å². The molecule has 0 atom stereocenters. The second-order valence-corrected chi connectivity index (χ2v) is 3.88. The topological polar surface area (TPSA) is 52.0 Å². The number of hydrogen-bond donors (Lipinski definition) is 1. The monoisotopic (exact) mass is 188 g/mol. The molecule has 3 nitrogen and oxygen atoms in total. The minimum atomic E-state index is 0.551. The molecule has 1 aromatic heterocycles. The van der Waals surface area contributed by atoms with Gasteiger partial charge in [-0.3, -0.25) is 0 Å². The molecular weight excluding hydrogens is 176 g/mol. The summed E-state index contributed by atoms with van der Waals surface area (Å²) in [4.78, 5) is 0. The summed E-state index contributed by atoms with van der Waals surface area (Å²) in [5, 5.41) is 5.27. The third-order valence-electron chi connectivity index (χ3n) is 2.76. The molecule has 14 heavy (non-hydrogen) atoms. The molecule has 2 N–H and O–H groups in total. The van der Waals surface area contributed by atoms with Crippen molar-refractivity contribution in [3.8, 4) is 0 Å². The second-order valence-electron chi connectivity index (χ2n) is 3.88. The van der Waals surface area contributed by atoms with Gasteiger partial charge in [0.15, 0.2) is 5.58 Å². The van der Waals surface area contributed by atoms with E-state index >= 15 is 0 Å². The number of hydrogen-bond acceptors (Lipinski definition) is 3. The van der Waals surface area contributed by atoms with Crippen LogP contribution in [0.2, 0.25) is 0 Å². The highest BCUT2D eigenvalue weighted by atomic mass is 16.5. The Kier molecular flexibility index (Phi) is 1.61. The molecule has 72 valence electrons. The van der Waals surface area contributed by atoms with Crippen LogP contribution in [0.4, 0.5) is 0 Å². The molecule has 1 aliphatic carbocycles. The Balaban J connectivity index is 2.17. The number of nitrogens with zero attached hydrogens (tertiary/aromatic N) is 1. The highest BCUT2D eigenvalue weighted by molar-refractivity contribution is 5.80. The first-order valence-corrected chi connectivity index (χ1v) is 4.97. The van der Waals surface area contributed by atoms with Crippen LogP contribution in [0.5, 0.6) is 0 Å². The van der Waals surface area contributed by atoms with Crippen LogP contribution >= 0.6 is 0 Å². The Morgan fingerprint density at radius 1 is 1.43 bits per heavy atom. The van der Waals surface area contributed by atoms with Crippen LogP contribution in [-0.2, 0) is 6.54 Å². The van der Waals surface area contributed by atoms with Crippen LogP contribution in [0.25, 0.3) is 11.0 Å². The average molecular weight is 188 g/mol. The van der Waals surface area contributed by atoms with Gasteiger partial charge in [-0.2, -0.15) is 0 Å². The van der Waals surface area contributed by atoms with E-state index in [1.807, 2.05) is 12.1 Å². The smallest absolute Gasteiger partial charge is 0.167 e. The quantitative estimate of drug-likeness (QED) is 0.785. The zero-order chi connectivity index (χ0) is 9.54. The SMILES string of the molecule is NCc1ccc2c(C3CC3)noc2c1. The van der Waals surface area contributed by atoms with Crippen LogP contribution < -0.4 is 5.73 Å². The predicted molar refractivity (Wildman–Crippen MR) is 53.9 cm³/mol. The molecule has 0 bridgehead atoms. The van der Waals surface area contributed by atoms with Gasteiger partial charge in [-0.25, -0.2) is 0 Å². The summed E-state index contributed by atoms with van der Waals surface area (Å²) in [5.74, 6) is 0.639. The maximum atomic E-state index is 5.56. The van der Waals surface area contributed by atoms with Crippen LogP contribution in [0.1, 0.15) is 30.0 Å². The Morgan fingerprint density at radius 3 is 3.00 bits per heavy atom. The largest absolute Gasteiger partial charge is 0.356 e. The summed E-state index contributed by atoms with van der Waals surface area (Å²) in [6.07, 6.45) is 2.50. The van der Waals surface area contributed by atoms with Gasteiger partial charge in [0.25, 0.3) is 0 Å². The summed E-state index contributed by atoms with van der Waals surface area (Å²) < 4.78 is 5.29. The first-order valence-electron chi connectivity index (χ1n) is 4.97. The second kappa shape index (κ2) is 2.82. The Labute approximate surface area is 81.9 Å². The molecule has 1 aliphatic rings. The number of rotatable bonds is 2. The van der Waals surface area contributed by atoms with E-state index in [1.54, 1.807) is 0 Å². The van der Waals surface area contributed by atoms with E-state index < -0.39 is 0 Å². The summed E-state index contributed by atoms with van der Waals surface area (Å²) >= 11 is 0. The Hall–Kier alpha value is -1.35. The molecule has 1 fully saturated rings. The Bertz CT molecular complexity index is 471. The van der Waals surface area contributed by atoms with Crippen molar-refractivity contribution in [2.75, 3.05) is 0 Å². The van der Waals surface area contributed by atoms with Gasteiger partial charge >= 0.3 is 0 Å². The van der Waals surface area contributed by atoms with Crippen molar-refractivity contribution < 1.29 is 4.52 Å². The van der Waals surface area contributed by atoms with E-state index in [9.17, 15) is 0 Å². The third kappa shape index (κ3) is 1.13. The molecule has 2 aromatic rings. The van der Waals surface area contributed by atoms with Crippen LogP contribution in [-0.4, -0.2) is 5.16 Å². The summed E-state index contributed by atoms with van der Waals surface area (Å²) in [7, 11) is 0. The molecule has 3 rings (SSSR count). The molecular formula is C11H12N2O. The van der Waals surface area contributed by atoms with Crippen molar-refractivity contribution in [1.82, 2.24) is 5.16 Å². The number of nitrogens with two attached hydrogens (primary N) is 1. The van der Waals surface area contributed by atoms with E-state index in [0.717, 1.165) is 22.2 Å². The summed E-state index contributed by atoms with van der Waals surface area (Å²) in [6.45, 7) is 0.551. The average Bonchev–Trinajstić information content (AvgIpc) is 2.98. The highest BCUT2D eigenvalue weighted by Gasteiger charge is 2.28. The lowest BCUT2D eigenvalue weighted by molar-refractivity contribution is 0.446. The third-order valence-corrected chi connectivity index (χ3v) is 2.76. The lowest BCUT2D eigenvalue weighted by Crippen LogP contribution is -1.94. The highest BCUT2D eigenvalue weighted by Crippen LogP contribution is 2.42. The van der Waals surface area contributed by atoms with Crippen molar-refractivity contribution >= 4 is 11.0 Å². The predicted octanol–water partition coefficient (Wildman–Crippen LogP) is 2.16. The van der Waals surface area contributed by atoms with Gasteiger partial charge < -0.3 is 10.3 Å². The van der Waals surface area contributed by atoms with Gasteiger partial charge in [0.1, 0.15) is 0 Å². The van der Waals surface area contributed by atoms with Gasteiger partial charge in [0.2, 0.25) is 0 Å². The minimum absolute atomic E-state index is 0.551. The summed E-state index contributed by atoms with van der Waals surface area (Å²) in [6, 6.07) is 6.10. The van der Waals surface area contributed by atoms with Gasteiger partial charge in [-0.15, -0.1) is 0 Å². The molecule has 3 heteroatoms. The summed E-state index contributed by atoms with van der Waals surface area (Å²) in [5.41, 5.74) is 8.65. The lowest BCUT2D eigenvalue weighted by atomic mass is 10.1. The Morgan fingerprint density at radius 2 is 2.29 bits per heavy atom. The van der Waals surface area contributed by atoms with Crippen molar-refractivity contribution in [2.24, 2.45) is 5.73 Å². The van der Waals surface area contributed by atoms with Gasteiger partial charge in [0, 0.05) is 17.8 Å². The zero-order valence-electron chi connectivity index (χ0n) is 7.86. The molecule has 0 spiro atoms. The fraction of sp³-hybridized carbons (Fsp3) is 0.364. The maximum Gasteiger partial charge on any atom is 0.167 e. The number of benzene rings is 1. The molecule has 1 heterocycles. The van der Waals surface area contributed by atoms with Gasteiger partial charge in [0.05, 0.1) is 5.69 Å². The van der Waals surface area contributed by atoms with Crippen LogP contribution in [0.3, 0.4) is 0 Å². The normalized spacial score (nSPS) is 16.4. The van der Waals surface area contributed by atoms with E-state index in [4.69, 9.17) is 10.3 Å². The van der Waals surface area contributed by atoms with E-state index in [0.29, 0.717) is 12.5 Å². The minimum Gasteiger partial charge on any atom is -0.356 e. The maximum absolute atomic E-state index is 5.56. The molecule has 1 aromatic carbocycles. The first-order chi connectivity index (χ1) is 6.88. The molecule has 0 saturated heterocycles.